The summed E-state index contributed by atoms with van der Waals surface area (Å²) in [6.07, 6.45) is -3.28. The van der Waals surface area contributed by atoms with Crippen LogP contribution in [0.25, 0.3) is 0 Å². The molecule has 1 aliphatic heterocycles. The topological polar surface area (TPSA) is 32.3 Å². The molecule has 30 heavy (non-hydrogen) atoms. The molecule has 1 aliphatic rings. The van der Waals surface area contributed by atoms with Gasteiger partial charge in [-0.2, -0.15) is 13.2 Å². The highest BCUT2D eigenvalue weighted by Gasteiger charge is 2.41. The Morgan fingerprint density at radius 2 is 1.83 bits per heavy atom. The maximum absolute atomic E-state index is 13.6. The van der Waals surface area contributed by atoms with Gasteiger partial charge in [-0.15, -0.1) is 0 Å². The molecule has 0 radical (unpaired) electrons. The van der Waals surface area contributed by atoms with E-state index in [4.69, 9.17) is 0 Å². The molecule has 1 saturated heterocycles. The van der Waals surface area contributed by atoms with E-state index in [0.717, 1.165) is 17.7 Å². The lowest BCUT2D eigenvalue weighted by Gasteiger charge is -2.36. The molecule has 3 rings (SSSR count). The number of carbonyl (C=O) groups excluding carboxylic acids is 1. The molecule has 1 unspecified atom stereocenters. The average molecular weight is 426 g/mol. The molecule has 2 aromatic rings. The number of rotatable bonds is 4. The van der Waals surface area contributed by atoms with Gasteiger partial charge in [0.2, 0.25) is 0 Å². The first-order valence-corrected chi connectivity index (χ1v) is 9.69. The predicted molar refractivity (Wildman–Crippen MR) is 103 cm³/mol. The Morgan fingerprint density at radius 3 is 2.47 bits per heavy atom. The fourth-order valence-corrected chi connectivity index (χ4v) is 3.99. The average Bonchev–Trinajstić information content (AvgIpc) is 3.04. The van der Waals surface area contributed by atoms with Crippen LogP contribution in [0.4, 0.5) is 26.7 Å². The Kier molecular flexibility index (Phi) is 6.06. The number of likely N-dealkylation sites (tertiary alicyclic amines) is 1. The first-order valence-electron chi connectivity index (χ1n) is 9.69. The van der Waals surface area contributed by atoms with Crippen molar-refractivity contribution in [1.82, 2.24) is 10.2 Å². The summed E-state index contributed by atoms with van der Waals surface area (Å²) in [4.78, 5) is 14.5. The maximum atomic E-state index is 13.6. The number of amides is 2. The molecule has 0 saturated carbocycles. The fourth-order valence-electron chi connectivity index (χ4n) is 3.99. The van der Waals surface area contributed by atoms with Gasteiger partial charge < -0.3 is 10.2 Å². The van der Waals surface area contributed by atoms with Crippen LogP contribution in [0.3, 0.4) is 0 Å². The molecule has 2 atom stereocenters. The molecule has 0 spiro atoms. The van der Waals surface area contributed by atoms with Gasteiger partial charge in [-0.05, 0) is 68.5 Å². The van der Waals surface area contributed by atoms with E-state index < -0.39 is 23.1 Å². The van der Waals surface area contributed by atoms with E-state index in [-0.39, 0.29) is 24.3 Å². The van der Waals surface area contributed by atoms with Gasteiger partial charge in [-0.1, -0.05) is 18.2 Å². The zero-order chi connectivity index (χ0) is 22.1. The SMILES string of the molecule is C[C@@H](NC(=O)N1CCCC1(C)Cc1ccc(F)c(C(F)(F)F)c1)c1ccc(F)cc1. The van der Waals surface area contributed by atoms with Crippen LogP contribution in [0.1, 0.15) is 49.4 Å². The zero-order valence-corrected chi connectivity index (χ0v) is 16.7. The number of urea groups is 1. The minimum absolute atomic E-state index is 0.175. The van der Waals surface area contributed by atoms with Gasteiger partial charge >= 0.3 is 12.2 Å². The minimum atomic E-state index is -4.78. The zero-order valence-electron chi connectivity index (χ0n) is 16.7. The maximum Gasteiger partial charge on any atom is 0.419 e. The van der Waals surface area contributed by atoms with Crippen LogP contribution in [0.5, 0.6) is 0 Å². The normalized spacial score (nSPS) is 20.3. The summed E-state index contributed by atoms with van der Waals surface area (Å²) in [5.41, 5.74) is -0.952. The van der Waals surface area contributed by atoms with Crippen molar-refractivity contribution in [1.29, 1.82) is 0 Å². The molecule has 1 fully saturated rings. The Labute approximate surface area is 171 Å². The molecule has 3 nitrogen and oxygen atoms in total. The second-order valence-electron chi connectivity index (χ2n) is 7.96. The number of benzene rings is 2. The highest BCUT2D eigenvalue weighted by atomic mass is 19.4. The van der Waals surface area contributed by atoms with Gasteiger partial charge in [0.15, 0.2) is 0 Å². The quantitative estimate of drug-likeness (QED) is 0.611. The molecule has 8 heteroatoms. The van der Waals surface area contributed by atoms with Crippen LogP contribution in [-0.2, 0) is 12.6 Å². The smallest absolute Gasteiger partial charge is 0.331 e. The lowest BCUT2D eigenvalue weighted by atomic mass is 9.89. The van der Waals surface area contributed by atoms with Gasteiger partial charge in [0.05, 0.1) is 11.6 Å². The first kappa shape index (κ1) is 22.1. The van der Waals surface area contributed by atoms with Crippen LogP contribution < -0.4 is 5.32 Å². The number of halogens is 5. The van der Waals surface area contributed by atoms with E-state index in [1.165, 1.54) is 18.2 Å². The first-order chi connectivity index (χ1) is 14.0. The van der Waals surface area contributed by atoms with E-state index in [1.807, 2.05) is 6.92 Å². The number of hydrogen-bond acceptors (Lipinski definition) is 1. The number of carbonyl (C=O) groups is 1. The van der Waals surface area contributed by atoms with Crippen molar-refractivity contribution in [2.24, 2.45) is 0 Å². The molecular weight excluding hydrogens is 403 g/mol. The number of hydrogen-bond donors (Lipinski definition) is 1. The molecule has 1 N–H and O–H groups in total. The summed E-state index contributed by atoms with van der Waals surface area (Å²) < 4.78 is 65.8. The molecule has 1 heterocycles. The summed E-state index contributed by atoms with van der Waals surface area (Å²) in [6, 6.07) is 8.03. The monoisotopic (exact) mass is 426 g/mol. The van der Waals surface area contributed by atoms with Gasteiger partial charge in [0, 0.05) is 12.1 Å². The largest absolute Gasteiger partial charge is 0.419 e. The van der Waals surface area contributed by atoms with E-state index in [9.17, 15) is 26.7 Å². The summed E-state index contributed by atoms with van der Waals surface area (Å²) in [5, 5.41) is 2.87. The van der Waals surface area contributed by atoms with Crippen molar-refractivity contribution in [3.63, 3.8) is 0 Å². The van der Waals surface area contributed by atoms with Crippen molar-refractivity contribution in [3.05, 3.63) is 70.8 Å². The second kappa shape index (κ2) is 8.24. The van der Waals surface area contributed by atoms with Crippen LogP contribution in [0, 0.1) is 11.6 Å². The fraction of sp³-hybridized carbons (Fsp3) is 0.409. The van der Waals surface area contributed by atoms with E-state index in [1.54, 1.807) is 24.0 Å². The molecule has 2 amide bonds. The Morgan fingerprint density at radius 1 is 1.17 bits per heavy atom. The van der Waals surface area contributed by atoms with Crippen LogP contribution in [0.15, 0.2) is 42.5 Å². The Hall–Kier alpha value is -2.64. The van der Waals surface area contributed by atoms with E-state index in [2.05, 4.69) is 5.32 Å². The van der Waals surface area contributed by atoms with Crippen molar-refractivity contribution in [3.8, 4) is 0 Å². The third-order valence-corrected chi connectivity index (χ3v) is 5.62. The third-order valence-electron chi connectivity index (χ3n) is 5.62. The number of alkyl halides is 3. The molecular formula is C22H23F5N2O. The molecule has 0 bridgehead atoms. The molecule has 2 aromatic carbocycles. The van der Waals surface area contributed by atoms with Gasteiger partial charge in [-0.25, -0.2) is 13.6 Å². The molecule has 0 aliphatic carbocycles. The van der Waals surface area contributed by atoms with Gasteiger partial charge in [0.1, 0.15) is 11.6 Å². The standard InChI is InChI=1S/C22H23F5N2O/c1-14(16-5-7-17(23)8-6-16)28-20(30)29-11-3-10-21(29,2)13-15-4-9-19(24)18(12-15)22(25,26)27/h4-9,12,14H,3,10-11,13H2,1-2H3,(H,28,30)/t14-,21?/m1/s1. The second-order valence-corrected chi connectivity index (χ2v) is 7.96. The third kappa shape index (κ3) is 4.74. The van der Waals surface area contributed by atoms with Crippen molar-refractivity contribution in [2.45, 2.75) is 50.9 Å². The van der Waals surface area contributed by atoms with Gasteiger partial charge in [-0.3, -0.25) is 0 Å². The van der Waals surface area contributed by atoms with E-state index in [0.29, 0.717) is 24.9 Å². The number of nitrogens with zero attached hydrogens (tertiary/aromatic N) is 1. The van der Waals surface area contributed by atoms with Crippen LogP contribution >= 0.6 is 0 Å². The Bertz CT molecular complexity index is 913. The summed E-state index contributed by atoms with van der Waals surface area (Å²) in [6.45, 7) is 4.05. The van der Waals surface area contributed by atoms with Crippen molar-refractivity contribution in [2.75, 3.05) is 6.54 Å². The minimum Gasteiger partial charge on any atom is -0.331 e. The van der Waals surface area contributed by atoms with Crippen LogP contribution in [0.2, 0.25) is 0 Å². The van der Waals surface area contributed by atoms with E-state index >= 15 is 0 Å². The van der Waals surface area contributed by atoms with Crippen molar-refractivity contribution >= 4 is 6.03 Å². The van der Waals surface area contributed by atoms with Crippen molar-refractivity contribution < 1.29 is 26.7 Å². The summed E-state index contributed by atoms with van der Waals surface area (Å²) >= 11 is 0. The highest BCUT2D eigenvalue weighted by molar-refractivity contribution is 5.76. The molecule has 162 valence electrons. The lowest BCUT2D eigenvalue weighted by Crippen LogP contribution is -2.51. The highest BCUT2D eigenvalue weighted by Crippen LogP contribution is 2.36. The Balaban J connectivity index is 1.75. The summed E-state index contributed by atoms with van der Waals surface area (Å²) in [5.74, 6) is -1.69. The van der Waals surface area contributed by atoms with Gasteiger partial charge in [0.25, 0.3) is 0 Å². The predicted octanol–water partition coefficient (Wildman–Crippen LogP) is 5.85. The van der Waals surface area contributed by atoms with Crippen LogP contribution in [-0.4, -0.2) is 23.0 Å². The lowest BCUT2D eigenvalue weighted by molar-refractivity contribution is -0.140. The molecule has 0 aromatic heterocycles. The summed E-state index contributed by atoms with van der Waals surface area (Å²) in [7, 11) is 0. The number of nitrogens with one attached hydrogen (secondary N) is 1.